The number of nitrogens with zero attached hydrogens (tertiary/aromatic N) is 1. The summed E-state index contributed by atoms with van der Waals surface area (Å²) in [4.78, 5) is 23.1. The van der Waals surface area contributed by atoms with Crippen molar-refractivity contribution < 1.29 is 33.0 Å². The fourth-order valence-electron chi connectivity index (χ4n) is 1.45. The molecule has 0 saturated heterocycles. The largest absolute Gasteiger partial charge is 0.503 e. The SMILES string of the molecule is C=CCN(CC(=O)O)C(=O)c1cc(F)c(F)c(O)c1F. The molecule has 1 aromatic rings. The molecule has 5 nitrogen and oxygen atoms in total. The van der Waals surface area contributed by atoms with Crippen molar-refractivity contribution in [2.75, 3.05) is 13.1 Å². The molecule has 0 radical (unpaired) electrons. The minimum atomic E-state index is -1.83. The predicted molar refractivity (Wildman–Crippen MR) is 61.7 cm³/mol. The van der Waals surface area contributed by atoms with Gasteiger partial charge in [0.2, 0.25) is 5.82 Å². The van der Waals surface area contributed by atoms with E-state index in [2.05, 4.69) is 6.58 Å². The van der Waals surface area contributed by atoms with E-state index in [1.807, 2.05) is 0 Å². The smallest absolute Gasteiger partial charge is 0.323 e. The molecule has 1 amide bonds. The van der Waals surface area contributed by atoms with Gasteiger partial charge < -0.3 is 15.1 Å². The van der Waals surface area contributed by atoms with Crippen molar-refractivity contribution in [2.45, 2.75) is 0 Å². The Morgan fingerprint density at radius 1 is 1.30 bits per heavy atom. The molecule has 8 heteroatoms. The Morgan fingerprint density at radius 3 is 2.40 bits per heavy atom. The van der Waals surface area contributed by atoms with Crippen molar-refractivity contribution in [3.63, 3.8) is 0 Å². The number of amides is 1. The number of halogens is 3. The number of hydrogen-bond acceptors (Lipinski definition) is 3. The number of carbonyl (C=O) groups excluding carboxylic acids is 1. The van der Waals surface area contributed by atoms with Crippen molar-refractivity contribution in [3.8, 4) is 5.75 Å². The molecule has 0 spiro atoms. The summed E-state index contributed by atoms with van der Waals surface area (Å²) in [6, 6.07) is 0.255. The van der Waals surface area contributed by atoms with Gasteiger partial charge in [0.1, 0.15) is 6.54 Å². The molecule has 0 aromatic heterocycles. The van der Waals surface area contributed by atoms with Gasteiger partial charge in [-0.2, -0.15) is 4.39 Å². The average molecular weight is 289 g/mol. The maximum atomic E-state index is 13.6. The fourth-order valence-corrected chi connectivity index (χ4v) is 1.45. The molecular weight excluding hydrogens is 279 g/mol. The summed E-state index contributed by atoms with van der Waals surface area (Å²) in [7, 11) is 0. The summed E-state index contributed by atoms with van der Waals surface area (Å²) in [5.41, 5.74) is -0.968. The van der Waals surface area contributed by atoms with Crippen LogP contribution in [0.4, 0.5) is 13.2 Å². The zero-order chi connectivity index (χ0) is 15.4. The summed E-state index contributed by atoms with van der Waals surface area (Å²) in [5.74, 6) is -9.34. The molecule has 0 bridgehead atoms. The molecule has 2 N–H and O–H groups in total. The number of carboxylic acid groups (broad SMARTS) is 1. The summed E-state index contributed by atoms with van der Waals surface area (Å²) >= 11 is 0. The highest BCUT2D eigenvalue weighted by molar-refractivity contribution is 5.96. The molecular formula is C12H10F3NO4. The van der Waals surface area contributed by atoms with Crippen molar-refractivity contribution >= 4 is 11.9 Å². The topological polar surface area (TPSA) is 77.8 Å². The van der Waals surface area contributed by atoms with Crippen LogP contribution in [-0.4, -0.2) is 40.1 Å². The fraction of sp³-hybridized carbons (Fsp3) is 0.167. The molecule has 108 valence electrons. The van der Waals surface area contributed by atoms with Gasteiger partial charge in [-0.25, -0.2) is 8.78 Å². The second-order valence-electron chi connectivity index (χ2n) is 3.75. The Balaban J connectivity index is 3.24. The average Bonchev–Trinajstić information content (AvgIpc) is 2.39. The molecule has 0 saturated carbocycles. The van der Waals surface area contributed by atoms with E-state index in [1.54, 1.807) is 0 Å². The third-order valence-electron chi connectivity index (χ3n) is 2.33. The highest BCUT2D eigenvalue weighted by atomic mass is 19.2. The molecule has 1 rings (SSSR count). The number of rotatable bonds is 5. The first kappa shape index (κ1) is 15.5. The molecule has 1 aromatic carbocycles. The normalized spacial score (nSPS) is 10.2. The number of phenolic OH excluding ortho intramolecular Hbond substituents is 1. The lowest BCUT2D eigenvalue weighted by Gasteiger charge is -2.19. The van der Waals surface area contributed by atoms with Gasteiger partial charge in [0.05, 0.1) is 5.56 Å². The van der Waals surface area contributed by atoms with Crippen LogP contribution in [0.3, 0.4) is 0 Å². The Hall–Kier alpha value is -2.51. The third-order valence-corrected chi connectivity index (χ3v) is 2.33. The zero-order valence-corrected chi connectivity index (χ0v) is 10.1. The Morgan fingerprint density at radius 2 is 1.90 bits per heavy atom. The van der Waals surface area contributed by atoms with Gasteiger partial charge >= 0.3 is 5.97 Å². The van der Waals surface area contributed by atoms with Crippen LogP contribution < -0.4 is 0 Å². The van der Waals surface area contributed by atoms with Crippen molar-refractivity contribution in [1.29, 1.82) is 0 Å². The lowest BCUT2D eigenvalue weighted by Crippen LogP contribution is -2.36. The van der Waals surface area contributed by atoms with Crippen LogP contribution in [0.1, 0.15) is 10.4 Å². The number of aliphatic carboxylic acids is 1. The van der Waals surface area contributed by atoms with E-state index in [9.17, 15) is 22.8 Å². The monoisotopic (exact) mass is 289 g/mol. The van der Waals surface area contributed by atoms with Crippen LogP contribution in [0.2, 0.25) is 0 Å². The van der Waals surface area contributed by atoms with Crippen LogP contribution >= 0.6 is 0 Å². The van der Waals surface area contributed by atoms with Gasteiger partial charge in [-0.3, -0.25) is 9.59 Å². The van der Waals surface area contributed by atoms with Gasteiger partial charge in [-0.15, -0.1) is 6.58 Å². The van der Waals surface area contributed by atoms with Crippen molar-refractivity contribution in [3.05, 3.63) is 41.7 Å². The molecule has 0 unspecified atom stereocenters. The van der Waals surface area contributed by atoms with Crippen molar-refractivity contribution in [1.82, 2.24) is 4.90 Å². The minimum Gasteiger partial charge on any atom is -0.503 e. The van der Waals surface area contributed by atoms with E-state index in [4.69, 9.17) is 10.2 Å². The maximum Gasteiger partial charge on any atom is 0.323 e. The maximum absolute atomic E-state index is 13.6. The first-order valence-electron chi connectivity index (χ1n) is 5.28. The number of aromatic hydroxyl groups is 1. The second kappa shape index (κ2) is 6.09. The highest BCUT2D eigenvalue weighted by Gasteiger charge is 2.26. The molecule has 20 heavy (non-hydrogen) atoms. The van der Waals surface area contributed by atoms with Gasteiger partial charge in [-0.1, -0.05) is 6.08 Å². The van der Waals surface area contributed by atoms with E-state index in [0.29, 0.717) is 4.90 Å². The zero-order valence-electron chi connectivity index (χ0n) is 10.1. The number of benzene rings is 1. The molecule has 0 fully saturated rings. The third kappa shape index (κ3) is 3.08. The molecule has 0 atom stereocenters. The van der Waals surface area contributed by atoms with Crippen LogP contribution in [0.15, 0.2) is 18.7 Å². The van der Waals surface area contributed by atoms with Gasteiger partial charge in [0.25, 0.3) is 5.91 Å². The molecule has 0 aliphatic carbocycles. The number of carbonyl (C=O) groups is 2. The standard InChI is InChI=1S/C12H10F3NO4/c1-2-3-16(5-8(17)18)12(20)6-4-7(13)10(15)11(19)9(6)14/h2,4,19H,1,3,5H2,(H,17,18). The Kier molecular flexibility index (Phi) is 4.73. The summed E-state index contributed by atoms with van der Waals surface area (Å²) < 4.78 is 39.5. The Bertz CT molecular complexity index is 574. The van der Waals surface area contributed by atoms with Gasteiger partial charge in [-0.05, 0) is 6.07 Å². The first-order valence-corrected chi connectivity index (χ1v) is 5.28. The molecule has 0 aliphatic heterocycles. The highest BCUT2D eigenvalue weighted by Crippen LogP contribution is 2.26. The van der Waals surface area contributed by atoms with Crippen molar-refractivity contribution in [2.24, 2.45) is 0 Å². The summed E-state index contributed by atoms with van der Waals surface area (Å²) in [5, 5.41) is 17.6. The Labute approximate surface area is 111 Å². The summed E-state index contributed by atoms with van der Waals surface area (Å²) in [6.45, 7) is 2.26. The lowest BCUT2D eigenvalue weighted by molar-refractivity contribution is -0.137. The van der Waals surface area contributed by atoms with Crippen LogP contribution in [-0.2, 0) is 4.79 Å². The number of hydrogen-bond donors (Lipinski definition) is 2. The quantitative estimate of drug-likeness (QED) is 0.636. The molecule has 0 aliphatic rings. The van der Waals surface area contributed by atoms with E-state index in [0.717, 1.165) is 0 Å². The minimum absolute atomic E-state index is 0.246. The number of phenols is 1. The molecule has 0 heterocycles. The van der Waals surface area contributed by atoms with Gasteiger partial charge in [0.15, 0.2) is 17.4 Å². The predicted octanol–water partition coefficient (Wildman–Crippen LogP) is 1.52. The van der Waals surface area contributed by atoms with Gasteiger partial charge in [0, 0.05) is 6.54 Å². The van der Waals surface area contributed by atoms with E-state index in [1.165, 1.54) is 6.08 Å². The number of carboxylic acids is 1. The van der Waals surface area contributed by atoms with E-state index < -0.39 is 47.2 Å². The van der Waals surface area contributed by atoms with Crippen LogP contribution in [0.5, 0.6) is 5.75 Å². The summed E-state index contributed by atoms with van der Waals surface area (Å²) in [6.07, 6.45) is 1.18. The van der Waals surface area contributed by atoms with E-state index in [-0.39, 0.29) is 12.6 Å². The van der Waals surface area contributed by atoms with Crippen LogP contribution in [0, 0.1) is 17.5 Å². The lowest BCUT2D eigenvalue weighted by atomic mass is 10.1. The van der Waals surface area contributed by atoms with Crippen LogP contribution in [0.25, 0.3) is 0 Å². The first-order chi connectivity index (χ1) is 9.29. The van der Waals surface area contributed by atoms with E-state index >= 15 is 0 Å². The second-order valence-corrected chi connectivity index (χ2v) is 3.75.